The minimum atomic E-state index is -0.865. The van der Waals surface area contributed by atoms with Crippen LogP contribution >= 0.6 is 0 Å². The average Bonchev–Trinajstić information content (AvgIpc) is 3.70. The second-order valence-corrected chi connectivity index (χ2v) is 16.7. The van der Waals surface area contributed by atoms with E-state index in [9.17, 15) is 19.5 Å². The summed E-state index contributed by atoms with van der Waals surface area (Å²) in [4.78, 5) is 53.4. The summed E-state index contributed by atoms with van der Waals surface area (Å²) in [6, 6.07) is 24.4. The lowest BCUT2D eigenvalue weighted by Gasteiger charge is -2.47. The van der Waals surface area contributed by atoms with Crippen molar-refractivity contribution in [2.75, 3.05) is 44.2 Å². The number of anilines is 1. The van der Waals surface area contributed by atoms with Gasteiger partial charge in [0.1, 0.15) is 24.5 Å². The maximum Gasteiger partial charge on any atom is 0.262 e. The van der Waals surface area contributed by atoms with Gasteiger partial charge in [-0.15, -0.1) is 0 Å². The summed E-state index contributed by atoms with van der Waals surface area (Å²) in [5.74, 6) is 5.81. The molecule has 3 aromatic carbocycles. The molecule has 6 heterocycles. The number of piperazine rings is 1. The minimum absolute atomic E-state index is 0.0809. The van der Waals surface area contributed by atoms with Crippen molar-refractivity contribution in [3.63, 3.8) is 0 Å². The van der Waals surface area contributed by atoms with Crippen LogP contribution in [0.25, 0.3) is 32.9 Å². The number of carbonyl (C=O) groups is 3. The maximum atomic E-state index is 13.2. The molecule has 13 heteroatoms. The Labute approximate surface area is 358 Å². The van der Waals surface area contributed by atoms with Gasteiger partial charge in [0.15, 0.2) is 0 Å². The lowest BCUT2D eigenvalue weighted by Crippen LogP contribution is -2.59. The lowest BCUT2D eigenvalue weighted by atomic mass is 9.77. The smallest absolute Gasteiger partial charge is 0.262 e. The molecule has 1 saturated carbocycles. The Kier molecular flexibility index (Phi) is 9.97. The van der Waals surface area contributed by atoms with Crippen molar-refractivity contribution < 1.29 is 29.0 Å². The van der Waals surface area contributed by atoms with E-state index in [-0.39, 0.29) is 23.8 Å². The summed E-state index contributed by atoms with van der Waals surface area (Å²) in [6.45, 7) is 7.78. The van der Waals surface area contributed by atoms with Crippen molar-refractivity contribution >= 4 is 45.2 Å². The molecule has 0 radical (unpaired) electrons. The number of aromatic nitrogens is 3. The fourth-order valence-electron chi connectivity index (χ4n) is 9.26. The molecule has 2 saturated heterocycles. The number of carbonyl (C=O) groups excluding carboxylic acids is 3. The fourth-order valence-corrected chi connectivity index (χ4v) is 9.26. The predicted molar refractivity (Wildman–Crippen MR) is 235 cm³/mol. The van der Waals surface area contributed by atoms with Gasteiger partial charge in [-0.2, -0.15) is 0 Å². The van der Waals surface area contributed by atoms with Gasteiger partial charge in [-0.25, -0.2) is 4.98 Å². The maximum absolute atomic E-state index is 13.2. The Morgan fingerprint density at radius 2 is 1.71 bits per heavy atom. The molecule has 3 aliphatic heterocycles. The predicted octanol–water partition coefficient (Wildman–Crippen LogP) is 5.70. The monoisotopic (exact) mass is 827 g/mol. The Morgan fingerprint density at radius 1 is 0.887 bits per heavy atom. The number of hydrogen-bond acceptors (Lipinski definition) is 10. The molecule has 1 atom stereocenters. The SMILES string of the molecule is C=C1CCC(N2C(=O)c3ccc(OCC#Cc4cccc(N5CCN(CC6(O)CC(Oc7ccc(-c8ccc9c%10cnccc%10n(C)c9c8)cn7)C6)CC5)c4)cc3C2=O)C(=O)N1. The number of imide groups is 1. The molecule has 3 aromatic heterocycles. The molecule has 3 amide bonds. The standard InChI is InChI=1S/C49H45N7O6/c1-31-8-14-43(46(57)52-31)56-47(58)39-13-11-36(25-40(39)48(56)59)61-22-4-6-32-5-3-7-35(23-32)55-20-18-54(19-21-55)30-49(60)26-37(27-49)62-45-15-10-34(28-51-45)33-9-12-38-41-29-50-17-16-42(41)53(2)44(38)24-33/h3,5,7,9-13,15-17,23-25,28-29,37,43,60H,1,8,14,18-22,26-27,30H2,2H3,(H,52,57). The van der Waals surface area contributed by atoms with E-state index in [2.05, 4.69) is 85.5 Å². The second-order valence-electron chi connectivity index (χ2n) is 16.7. The number of amides is 3. The number of piperidine rings is 1. The van der Waals surface area contributed by atoms with Gasteiger partial charge in [-0.05, 0) is 73.0 Å². The summed E-state index contributed by atoms with van der Waals surface area (Å²) in [5, 5.41) is 16.3. The summed E-state index contributed by atoms with van der Waals surface area (Å²) < 4.78 is 14.2. The Hall–Kier alpha value is -7.01. The van der Waals surface area contributed by atoms with E-state index in [1.54, 1.807) is 12.1 Å². The number of benzene rings is 3. The number of ether oxygens (including phenoxy) is 2. The molecule has 4 aliphatic rings. The Balaban J connectivity index is 0.678. The zero-order chi connectivity index (χ0) is 42.5. The number of aryl methyl sites for hydroxylation is 1. The van der Waals surface area contributed by atoms with Crippen LogP contribution in [0.1, 0.15) is 52.0 Å². The summed E-state index contributed by atoms with van der Waals surface area (Å²) in [6.07, 6.45) is 7.48. The van der Waals surface area contributed by atoms with Gasteiger partial charge in [-0.3, -0.25) is 29.2 Å². The van der Waals surface area contributed by atoms with Gasteiger partial charge in [-0.1, -0.05) is 36.6 Å². The number of nitrogens with one attached hydrogen (secondary N) is 1. The first-order valence-electron chi connectivity index (χ1n) is 21.0. The number of fused-ring (bicyclic) bond motifs is 4. The number of pyridine rings is 2. The van der Waals surface area contributed by atoms with Crippen molar-refractivity contribution in [3.8, 4) is 34.6 Å². The molecule has 13 nitrogen and oxygen atoms in total. The molecule has 62 heavy (non-hydrogen) atoms. The zero-order valence-corrected chi connectivity index (χ0v) is 34.3. The van der Waals surface area contributed by atoms with E-state index in [1.807, 2.05) is 48.9 Å². The van der Waals surface area contributed by atoms with Crippen LogP contribution in [0.2, 0.25) is 0 Å². The zero-order valence-electron chi connectivity index (χ0n) is 34.3. The first-order chi connectivity index (χ1) is 30.1. The molecule has 312 valence electrons. The summed E-state index contributed by atoms with van der Waals surface area (Å²) >= 11 is 0. The first-order valence-corrected chi connectivity index (χ1v) is 21.0. The average molecular weight is 828 g/mol. The topological polar surface area (TPSA) is 142 Å². The molecule has 1 unspecified atom stereocenters. The number of rotatable bonds is 9. The highest BCUT2D eigenvalue weighted by atomic mass is 16.5. The Morgan fingerprint density at radius 3 is 2.52 bits per heavy atom. The highest BCUT2D eigenvalue weighted by molar-refractivity contribution is 6.23. The highest BCUT2D eigenvalue weighted by Gasteiger charge is 2.46. The van der Waals surface area contributed by atoms with Crippen LogP contribution in [-0.4, -0.2) is 104 Å². The van der Waals surface area contributed by atoms with Crippen molar-refractivity contribution in [3.05, 3.63) is 126 Å². The quantitative estimate of drug-likeness (QED) is 0.138. The van der Waals surface area contributed by atoms with Crippen LogP contribution in [0.5, 0.6) is 11.6 Å². The fraction of sp³-hybridized carbons (Fsp3) is 0.286. The van der Waals surface area contributed by atoms with Crippen LogP contribution in [-0.2, 0) is 11.8 Å². The number of β-amino-alcohol motifs (C(OH)–C–C–N with tert-alkyl or cyclic N) is 1. The van der Waals surface area contributed by atoms with Gasteiger partial charge >= 0.3 is 0 Å². The molecule has 10 rings (SSSR count). The van der Waals surface area contributed by atoms with Gasteiger partial charge < -0.3 is 29.4 Å². The number of allylic oxidation sites excluding steroid dienone is 1. The van der Waals surface area contributed by atoms with Crippen molar-refractivity contribution in [1.82, 2.24) is 29.7 Å². The normalized spacial score (nSPS) is 21.4. The van der Waals surface area contributed by atoms with Crippen molar-refractivity contribution in [2.45, 2.75) is 43.4 Å². The lowest BCUT2D eigenvalue weighted by molar-refractivity contribution is -0.125. The van der Waals surface area contributed by atoms with E-state index in [1.165, 1.54) is 11.5 Å². The molecule has 6 aromatic rings. The van der Waals surface area contributed by atoms with E-state index < -0.39 is 29.4 Å². The second kappa shape index (κ2) is 15.8. The van der Waals surface area contributed by atoms with Crippen LogP contribution in [0.4, 0.5) is 5.69 Å². The van der Waals surface area contributed by atoms with Crippen LogP contribution < -0.4 is 19.7 Å². The van der Waals surface area contributed by atoms with Crippen LogP contribution in [0.3, 0.4) is 0 Å². The molecular formula is C49H45N7O6. The number of aliphatic hydroxyl groups is 1. The van der Waals surface area contributed by atoms with Gasteiger partial charge in [0.2, 0.25) is 11.8 Å². The van der Waals surface area contributed by atoms with Crippen LogP contribution in [0.15, 0.2) is 110 Å². The third kappa shape index (κ3) is 7.41. The van der Waals surface area contributed by atoms with E-state index >= 15 is 0 Å². The molecule has 2 N–H and O–H groups in total. The van der Waals surface area contributed by atoms with Crippen molar-refractivity contribution in [2.24, 2.45) is 7.05 Å². The number of hydrogen-bond donors (Lipinski definition) is 2. The van der Waals surface area contributed by atoms with Crippen molar-refractivity contribution in [1.29, 1.82) is 0 Å². The molecular weight excluding hydrogens is 783 g/mol. The summed E-state index contributed by atoms with van der Waals surface area (Å²) in [7, 11) is 2.08. The highest BCUT2D eigenvalue weighted by Crippen LogP contribution is 2.37. The Bertz CT molecular complexity index is 2850. The van der Waals surface area contributed by atoms with E-state index in [4.69, 9.17) is 9.47 Å². The third-order valence-corrected chi connectivity index (χ3v) is 12.5. The largest absolute Gasteiger partial charge is 0.481 e. The van der Waals surface area contributed by atoms with Gasteiger partial charge in [0, 0.05) is 116 Å². The van der Waals surface area contributed by atoms with Gasteiger partial charge in [0.05, 0.1) is 22.2 Å². The third-order valence-electron chi connectivity index (χ3n) is 12.5. The molecule has 3 fully saturated rings. The van der Waals surface area contributed by atoms with Gasteiger partial charge in [0.25, 0.3) is 11.8 Å². The first kappa shape index (κ1) is 39.1. The number of nitrogens with zero attached hydrogens (tertiary/aromatic N) is 6. The minimum Gasteiger partial charge on any atom is -0.481 e. The van der Waals surface area contributed by atoms with E-state index in [0.717, 1.165) is 69.9 Å². The molecule has 0 bridgehead atoms. The van der Waals surface area contributed by atoms with E-state index in [0.29, 0.717) is 49.6 Å². The summed E-state index contributed by atoms with van der Waals surface area (Å²) in [5.41, 5.74) is 6.59. The molecule has 0 spiro atoms. The van der Waals surface area contributed by atoms with Crippen LogP contribution in [0, 0.1) is 11.8 Å². The molecule has 1 aliphatic carbocycles.